The fraction of sp³-hybridized carbons (Fsp3) is 0.636. The van der Waals surface area contributed by atoms with Crippen molar-refractivity contribution in [2.45, 2.75) is 25.9 Å². The van der Waals surface area contributed by atoms with E-state index in [1.807, 2.05) is 11.3 Å². The summed E-state index contributed by atoms with van der Waals surface area (Å²) in [7, 11) is 0. The Morgan fingerprint density at radius 3 is 3.14 bits per heavy atom. The molecule has 1 N–H and O–H groups in total. The van der Waals surface area contributed by atoms with Crippen molar-refractivity contribution in [2.24, 2.45) is 0 Å². The van der Waals surface area contributed by atoms with Crippen LogP contribution in [0.5, 0.6) is 0 Å². The molecule has 1 aliphatic heterocycles. The first kappa shape index (κ1) is 10.1. The predicted octanol–water partition coefficient (Wildman–Crippen LogP) is 2.10. The van der Waals surface area contributed by atoms with Crippen LogP contribution in [-0.2, 0) is 0 Å². The topological polar surface area (TPSA) is 15.3 Å². The zero-order valence-corrected chi connectivity index (χ0v) is 9.68. The van der Waals surface area contributed by atoms with Crippen LogP contribution in [0.4, 0.5) is 0 Å². The summed E-state index contributed by atoms with van der Waals surface area (Å²) in [6.45, 7) is 8.03. The molecule has 1 aromatic heterocycles. The van der Waals surface area contributed by atoms with E-state index in [4.69, 9.17) is 0 Å². The van der Waals surface area contributed by atoms with E-state index in [2.05, 4.69) is 41.6 Å². The average Bonchev–Trinajstić information content (AvgIpc) is 2.70. The second-order valence-corrected chi connectivity index (χ2v) is 4.96. The third-order valence-electron chi connectivity index (χ3n) is 3.01. The molecule has 1 aliphatic rings. The smallest absolute Gasteiger partial charge is 0.0417 e. The molecule has 0 aromatic carbocycles. The number of piperazine rings is 1. The fourth-order valence-corrected chi connectivity index (χ4v) is 2.93. The number of thiophene rings is 1. The third kappa shape index (κ3) is 2.00. The van der Waals surface area contributed by atoms with Crippen molar-refractivity contribution in [1.82, 2.24) is 10.2 Å². The van der Waals surface area contributed by atoms with Crippen LogP contribution in [-0.4, -0.2) is 30.6 Å². The van der Waals surface area contributed by atoms with E-state index in [9.17, 15) is 0 Å². The lowest BCUT2D eigenvalue weighted by Crippen LogP contribution is -2.50. The first-order valence-corrected chi connectivity index (χ1v) is 6.17. The van der Waals surface area contributed by atoms with Gasteiger partial charge in [-0.1, -0.05) is 6.07 Å². The fourth-order valence-electron chi connectivity index (χ4n) is 2.12. The zero-order chi connectivity index (χ0) is 9.97. The van der Waals surface area contributed by atoms with E-state index in [0.717, 1.165) is 13.1 Å². The molecule has 2 rings (SSSR count). The van der Waals surface area contributed by atoms with Gasteiger partial charge in [-0.15, -0.1) is 11.3 Å². The lowest BCUT2D eigenvalue weighted by Gasteiger charge is -2.38. The van der Waals surface area contributed by atoms with Crippen LogP contribution in [0.25, 0.3) is 0 Å². The summed E-state index contributed by atoms with van der Waals surface area (Å²) < 4.78 is 0. The van der Waals surface area contributed by atoms with E-state index in [-0.39, 0.29) is 0 Å². The molecule has 0 radical (unpaired) electrons. The molecule has 1 aromatic rings. The quantitative estimate of drug-likeness (QED) is 0.804. The van der Waals surface area contributed by atoms with Gasteiger partial charge < -0.3 is 5.32 Å². The second-order valence-electron chi connectivity index (χ2n) is 3.98. The highest BCUT2D eigenvalue weighted by molar-refractivity contribution is 7.10. The maximum Gasteiger partial charge on any atom is 0.0417 e. The molecule has 1 fully saturated rings. The van der Waals surface area contributed by atoms with Crippen molar-refractivity contribution in [3.05, 3.63) is 22.4 Å². The van der Waals surface area contributed by atoms with Crippen LogP contribution >= 0.6 is 11.3 Å². The molecule has 2 heterocycles. The Morgan fingerprint density at radius 1 is 1.64 bits per heavy atom. The molecule has 2 nitrogen and oxygen atoms in total. The lowest BCUT2D eigenvalue weighted by molar-refractivity contribution is 0.128. The highest BCUT2D eigenvalue weighted by Crippen LogP contribution is 2.26. The summed E-state index contributed by atoms with van der Waals surface area (Å²) >= 11 is 1.86. The Morgan fingerprint density at radius 2 is 2.50 bits per heavy atom. The SMILES string of the molecule is CC1CNCCN1C(C)c1cccs1. The van der Waals surface area contributed by atoms with Crippen LogP contribution < -0.4 is 5.32 Å². The van der Waals surface area contributed by atoms with Gasteiger partial charge in [-0.3, -0.25) is 4.90 Å². The summed E-state index contributed by atoms with van der Waals surface area (Å²) in [5.74, 6) is 0. The number of hydrogen-bond donors (Lipinski definition) is 1. The van der Waals surface area contributed by atoms with Gasteiger partial charge in [-0.25, -0.2) is 0 Å². The molecule has 3 heteroatoms. The molecule has 0 aliphatic carbocycles. The first-order valence-electron chi connectivity index (χ1n) is 5.29. The Hall–Kier alpha value is -0.380. The monoisotopic (exact) mass is 210 g/mol. The van der Waals surface area contributed by atoms with Crippen molar-refractivity contribution >= 4 is 11.3 Å². The summed E-state index contributed by atoms with van der Waals surface area (Å²) in [6, 6.07) is 5.61. The highest BCUT2D eigenvalue weighted by Gasteiger charge is 2.24. The van der Waals surface area contributed by atoms with E-state index >= 15 is 0 Å². The summed E-state index contributed by atoms with van der Waals surface area (Å²) in [5.41, 5.74) is 0. The molecule has 14 heavy (non-hydrogen) atoms. The summed E-state index contributed by atoms with van der Waals surface area (Å²) in [5, 5.41) is 5.59. The molecule has 0 bridgehead atoms. The molecule has 78 valence electrons. The van der Waals surface area contributed by atoms with Crippen molar-refractivity contribution in [2.75, 3.05) is 19.6 Å². The maximum absolute atomic E-state index is 3.43. The van der Waals surface area contributed by atoms with Crippen molar-refractivity contribution in [3.63, 3.8) is 0 Å². The molecule has 2 atom stereocenters. The zero-order valence-electron chi connectivity index (χ0n) is 8.86. The Kier molecular flexibility index (Phi) is 3.21. The molecule has 0 spiro atoms. The predicted molar refractivity (Wildman–Crippen MR) is 61.8 cm³/mol. The van der Waals surface area contributed by atoms with Crippen LogP contribution in [0.2, 0.25) is 0 Å². The van der Waals surface area contributed by atoms with Crippen LogP contribution in [0.15, 0.2) is 17.5 Å². The van der Waals surface area contributed by atoms with Gasteiger partial charge in [0.25, 0.3) is 0 Å². The van der Waals surface area contributed by atoms with E-state index in [1.54, 1.807) is 0 Å². The van der Waals surface area contributed by atoms with Gasteiger partial charge in [0.05, 0.1) is 0 Å². The van der Waals surface area contributed by atoms with Gasteiger partial charge in [0, 0.05) is 36.6 Å². The Bertz CT molecular complexity index is 271. The molecular weight excluding hydrogens is 192 g/mol. The Labute approximate surface area is 89.9 Å². The second kappa shape index (κ2) is 4.43. The van der Waals surface area contributed by atoms with Crippen LogP contribution in [0.1, 0.15) is 24.8 Å². The minimum Gasteiger partial charge on any atom is -0.314 e. The minimum absolute atomic E-state index is 0.576. The molecular formula is C11H18N2S. The van der Waals surface area contributed by atoms with Crippen molar-refractivity contribution < 1.29 is 0 Å². The maximum atomic E-state index is 3.43. The van der Waals surface area contributed by atoms with Gasteiger partial charge in [0.15, 0.2) is 0 Å². The number of rotatable bonds is 2. The number of nitrogens with zero attached hydrogens (tertiary/aromatic N) is 1. The minimum atomic E-state index is 0.576. The van der Waals surface area contributed by atoms with Gasteiger partial charge in [0.2, 0.25) is 0 Å². The van der Waals surface area contributed by atoms with E-state index in [1.165, 1.54) is 11.4 Å². The molecule has 1 saturated heterocycles. The molecule has 0 amide bonds. The largest absolute Gasteiger partial charge is 0.314 e. The third-order valence-corrected chi connectivity index (χ3v) is 4.05. The van der Waals surface area contributed by atoms with Gasteiger partial charge >= 0.3 is 0 Å². The summed E-state index contributed by atoms with van der Waals surface area (Å²) in [4.78, 5) is 4.07. The summed E-state index contributed by atoms with van der Waals surface area (Å²) in [6.07, 6.45) is 0. The number of hydrogen-bond acceptors (Lipinski definition) is 3. The standard InChI is InChI=1S/C11H18N2S/c1-9-8-12-5-6-13(9)10(2)11-4-3-7-14-11/h3-4,7,9-10,12H,5-6,8H2,1-2H3. The van der Waals surface area contributed by atoms with Gasteiger partial charge in [-0.05, 0) is 25.3 Å². The lowest BCUT2D eigenvalue weighted by atomic mass is 10.1. The normalized spacial score (nSPS) is 26.3. The first-order chi connectivity index (χ1) is 6.79. The molecule has 0 saturated carbocycles. The highest BCUT2D eigenvalue weighted by atomic mass is 32.1. The van der Waals surface area contributed by atoms with E-state index in [0.29, 0.717) is 12.1 Å². The average molecular weight is 210 g/mol. The van der Waals surface area contributed by atoms with Crippen molar-refractivity contribution in [1.29, 1.82) is 0 Å². The van der Waals surface area contributed by atoms with Crippen molar-refractivity contribution in [3.8, 4) is 0 Å². The number of nitrogens with one attached hydrogen (secondary N) is 1. The van der Waals surface area contributed by atoms with Gasteiger partial charge in [-0.2, -0.15) is 0 Å². The van der Waals surface area contributed by atoms with Crippen LogP contribution in [0.3, 0.4) is 0 Å². The Balaban J connectivity index is 2.06. The van der Waals surface area contributed by atoms with Gasteiger partial charge in [0.1, 0.15) is 0 Å². The van der Waals surface area contributed by atoms with E-state index < -0.39 is 0 Å². The molecule has 2 unspecified atom stereocenters. The van der Waals surface area contributed by atoms with Crippen LogP contribution in [0, 0.1) is 0 Å².